The zero-order valence-electron chi connectivity index (χ0n) is 15.4. The van der Waals surface area contributed by atoms with Crippen molar-refractivity contribution in [1.82, 2.24) is 5.32 Å². The fourth-order valence-electron chi connectivity index (χ4n) is 2.71. The van der Waals surface area contributed by atoms with Crippen LogP contribution in [0.15, 0.2) is 60.7 Å². The van der Waals surface area contributed by atoms with Gasteiger partial charge in [-0.25, -0.2) is 0 Å². The number of aliphatic carboxylic acids is 1. The van der Waals surface area contributed by atoms with Crippen LogP contribution in [-0.4, -0.2) is 30.6 Å². The van der Waals surface area contributed by atoms with E-state index in [0.717, 1.165) is 11.1 Å². The Morgan fingerprint density at radius 3 is 2.52 bits per heavy atom. The molecular formula is C22H25NO4. The average molecular weight is 367 g/mol. The Balaban J connectivity index is 1.80. The summed E-state index contributed by atoms with van der Waals surface area (Å²) in [6.07, 6.45) is 5.14. The molecule has 0 aromatic heterocycles. The summed E-state index contributed by atoms with van der Waals surface area (Å²) in [5.41, 5.74) is 1.90. The third-order valence-corrected chi connectivity index (χ3v) is 4.20. The van der Waals surface area contributed by atoms with Crippen molar-refractivity contribution in [3.63, 3.8) is 0 Å². The van der Waals surface area contributed by atoms with Crippen LogP contribution in [0, 0.1) is 5.92 Å². The lowest BCUT2D eigenvalue weighted by Crippen LogP contribution is -2.34. The Morgan fingerprint density at radius 1 is 1.11 bits per heavy atom. The highest BCUT2D eigenvalue weighted by Crippen LogP contribution is 2.21. The molecule has 2 rings (SSSR count). The molecule has 5 nitrogen and oxygen atoms in total. The van der Waals surface area contributed by atoms with Gasteiger partial charge < -0.3 is 15.2 Å². The molecule has 2 N–H and O–H groups in total. The molecule has 1 amide bonds. The minimum absolute atomic E-state index is 0.0919. The van der Waals surface area contributed by atoms with Gasteiger partial charge in [0.25, 0.3) is 0 Å². The van der Waals surface area contributed by atoms with E-state index in [4.69, 9.17) is 4.74 Å². The van der Waals surface area contributed by atoms with E-state index in [1.807, 2.05) is 60.7 Å². The van der Waals surface area contributed by atoms with Crippen molar-refractivity contribution >= 4 is 18.0 Å². The number of hydrogen-bond acceptors (Lipinski definition) is 3. The van der Waals surface area contributed by atoms with Crippen molar-refractivity contribution in [2.24, 2.45) is 5.92 Å². The highest BCUT2D eigenvalue weighted by atomic mass is 16.5. The molecule has 0 bridgehead atoms. The molecule has 142 valence electrons. The number of nitrogens with one attached hydrogen (secondary N) is 1. The Labute approximate surface area is 159 Å². The molecule has 0 saturated heterocycles. The van der Waals surface area contributed by atoms with Gasteiger partial charge in [0.05, 0.1) is 13.0 Å². The van der Waals surface area contributed by atoms with Gasteiger partial charge in [-0.15, -0.1) is 0 Å². The summed E-state index contributed by atoms with van der Waals surface area (Å²) in [4.78, 5) is 23.5. The standard InChI is InChI=1S/C22H25NO4/c1-27-20-13-7-6-12-18(20)15-19(22(25)26)16-23-21(24)14-8-5-11-17-9-3-2-4-10-17/h2-7,9-13,19H,8,14-16H2,1H3,(H,23,24)(H,25,26)/b11-5+. The number of carbonyl (C=O) groups is 2. The normalized spacial score (nSPS) is 11.9. The molecule has 5 heteroatoms. The van der Waals surface area contributed by atoms with Crippen molar-refractivity contribution in [1.29, 1.82) is 0 Å². The molecule has 0 saturated carbocycles. The predicted molar refractivity (Wildman–Crippen MR) is 106 cm³/mol. The molecule has 2 aromatic carbocycles. The number of carboxylic acid groups (broad SMARTS) is 1. The van der Waals surface area contributed by atoms with Crippen molar-refractivity contribution < 1.29 is 19.4 Å². The first-order chi connectivity index (χ1) is 13.1. The van der Waals surface area contributed by atoms with E-state index in [2.05, 4.69) is 5.32 Å². The number of para-hydroxylation sites is 1. The predicted octanol–water partition coefficient (Wildman–Crippen LogP) is 3.55. The van der Waals surface area contributed by atoms with Crippen LogP contribution in [0.3, 0.4) is 0 Å². The fraction of sp³-hybridized carbons (Fsp3) is 0.273. The Bertz CT molecular complexity index is 771. The second-order valence-corrected chi connectivity index (χ2v) is 6.21. The molecule has 0 fully saturated rings. The van der Waals surface area contributed by atoms with Crippen molar-refractivity contribution in [2.45, 2.75) is 19.3 Å². The van der Waals surface area contributed by atoms with Crippen LogP contribution in [0.2, 0.25) is 0 Å². The van der Waals surface area contributed by atoms with Crippen LogP contribution >= 0.6 is 0 Å². The molecule has 1 atom stereocenters. The number of carboxylic acids is 1. The minimum Gasteiger partial charge on any atom is -0.496 e. The van der Waals surface area contributed by atoms with Gasteiger partial charge in [0.1, 0.15) is 5.75 Å². The number of allylic oxidation sites excluding steroid dienone is 1. The SMILES string of the molecule is COc1ccccc1CC(CNC(=O)CC/C=C/c1ccccc1)C(=O)O. The van der Waals surface area contributed by atoms with E-state index in [1.165, 1.54) is 0 Å². The van der Waals surface area contributed by atoms with Crippen molar-refractivity contribution in [3.05, 3.63) is 71.8 Å². The monoisotopic (exact) mass is 367 g/mol. The largest absolute Gasteiger partial charge is 0.496 e. The van der Waals surface area contributed by atoms with Gasteiger partial charge in [-0.1, -0.05) is 60.7 Å². The molecule has 1 unspecified atom stereocenters. The van der Waals surface area contributed by atoms with Crippen LogP contribution < -0.4 is 10.1 Å². The zero-order chi connectivity index (χ0) is 19.5. The molecule has 0 heterocycles. The summed E-state index contributed by atoms with van der Waals surface area (Å²) < 4.78 is 5.27. The molecule has 0 radical (unpaired) electrons. The van der Waals surface area contributed by atoms with E-state index < -0.39 is 11.9 Å². The van der Waals surface area contributed by atoms with E-state index >= 15 is 0 Å². The number of rotatable bonds is 10. The van der Waals surface area contributed by atoms with Crippen LogP contribution in [0.5, 0.6) is 5.75 Å². The second kappa shape index (κ2) is 10.8. The summed E-state index contributed by atoms with van der Waals surface area (Å²) in [6.45, 7) is 0.0919. The molecular weight excluding hydrogens is 342 g/mol. The zero-order valence-corrected chi connectivity index (χ0v) is 15.4. The number of hydrogen-bond donors (Lipinski definition) is 2. The van der Waals surface area contributed by atoms with Gasteiger partial charge in [-0.3, -0.25) is 9.59 Å². The Morgan fingerprint density at radius 2 is 1.81 bits per heavy atom. The van der Waals surface area contributed by atoms with Crippen LogP contribution in [-0.2, 0) is 16.0 Å². The van der Waals surface area contributed by atoms with Crippen LogP contribution in [0.25, 0.3) is 6.08 Å². The lowest BCUT2D eigenvalue weighted by atomic mass is 9.98. The third kappa shape index (κ3) is 6.98. The summed E-state index contributed by atoms with van der Waals surface area (Å²) in [5, 5.41) is 12.2. The average Bonchev–Trinajstić information content (AvgIpc) is 2.69. The summed E-state index contributed by atoms with van der Waals surface area (Å²) >= 11 is 0. The molecule has 0 aliphatic carbocycles. The van der Waals surface area contributed by atoms with Crippen molar-refractivity contribution in [3.8, 4) is 5.75 Å². The lowest BCUT2D eigenvalue weighted by Gasteiger charge is -2.15. The summed E-state index contributed by atoms with van der Waals surface area (Å²) in [5.74, 6) is -1.14. The van der Waals surface area contributed by atoms with Crippen molar-refractivity contribution in [2.75, 3.05) is 13.7 Å². The fourth-order valence-corrected chi connectivity index (χ4v) is 2.71. The number of amides is 1. The third-order valence-electron chi connectivity index (χ3n) is 4.20. The van der Waals surface area contributed by atoms with E-state index in [9.17, 15) is 14.7 Å². The van der Waals surface area contributed by atoms with E-state index in [0.29, 0.717) is 25.0 Å². The van der Waals surface area contributed by atoms with Gasteiger partial charge in [-0.05, 0) is 30.0 Å². The topological polar surface area (TPSA) is 75.6 Å². The number of ether oxygens (including phenoxy) is 1. The van der Waals surface area contributed by atoms with Gasteiger partial charge in [-0.2, -0.15) is 0 Å². The van der Waals surface area contributed by atoms with E-state index in [-0.39, 0.29) is 12.5 Å². The van der Waals surface area contributed by atoms with Gasteiger partial charge in [0.2, 0.25) is 5.91 Å². The van der Waals surface area contributed by atoms with E-state index in [1.54, 1.807) is 13.2 Å². The maximum Gasteiger partial charge on any atom is 0.308 e. The van der Waals surface area contributed by atoms with Gasteiger partial charge >= 0.3 is 5.97 Å². The van der Waals surface area contributed by atoms with Crippen LogP contribution in [0.1, 0.15) is 24.0 Å². The summed E-state index contributed by atoms with van der Waals surface area (Å²) in [7, 11) is 1.55. The summed E-state index contributed by atoms with van der Waals surface area (Å²) in [6, 6.07) is 17.2. The first kappa shape index (κ1) is 20.2. The number of benzene rings is 2. The molecule has 27 heavy (non-hydrogen) atoms. The van der Waals surface area contributed by atoms with Crippen LogP contribution in [0.4, 0.5) is 0 Å². The second-order valence-electron chi connectivity index (χ2n) is 6.21. The van der Waals surface area contributed by atoms with Gasteiger partial charge in [0.15, 0.2) is 0 Å². The lowest BCUT2D eigenvalue weighted by molar-refractivity contribution is -0.141. The number of methoxy groups -OCH3 is 1. The maximum absolute atomic E-state index is 12.0. The first-order valence-corrected chi connectivity index (χ1v) is 8.93. The Hall–Kier alpha value is -3.08. The highest BCUT2D eigenvalue weighted by Gasteiger charge is 2.20. The molecule has 0 spiro atoms. The smallest absolute Gasteiger partial charge is 0.308 e. The maximum atomic E-state index is 12.0. The molecule has 0 aliphatic rings. The highest BCUT2D eigenvalue weighted by molar-refractivity contribution is 5.77. The molecule has 0 aliphatic heterocycles. The quantitative estimate of drug-likeness (QED) is 0.673. The minimum atomic E-state index is -0.940. The first-order valence-electron chi connectivity index (χ1n) is 8.93. The molecule has 2 aromatic rings. The Kier molecular flexibility index (Phi) is 8.10. The van der Waals surface area contributed by atoms with Gasteiger partial charge in [0, 0.05) is 13.0 Å². The number of carbonyl (C=O) groups excluding carboxylic acids is 1.